The van der Waals surface area contributed by atoms with Gasteiger partial charge in [0.2, 0.25) is 0 Å². The van der Waals surface area contributed by atoms with Crippen LogP contribution < -0.4 is 4.74 Å². The van der Waals surface area contributed by atoms with E-state index in [1.807, 2.05) is 81.4 Å². The summed E-state index contributed by atoms with van der Waals surface area (Å²) >= 11 is 5.52. The molecule has 2 aromatic rings. The van der Waals surface area contributed by atoms with Crippen molar-refractivity contribution in [2.24, 2.45) is 17.8 Å². The van der Waals surface area contributed by atoms with Crippen molar-refractivity contribution in [1.29, 1.82) is 0 Å². The number of amides is 1. The SMILES string of the molecule is CC(C)(C)OC(=O)N1[C@H](C(=O)OCc2ccccc2)[C@@H]2CC[C@H]1[C@@H](CC1CC1)[C@@H]2OC(=S)Oc1ccccc1. The number of benzene rings is 2. The van der Waals surface area contributed by atoms with Gasteiger partial charge in [0.15, 0.2) is 0 Å². The average Bonchev–Trinajstić information content (AvgIpc) is 3.72. The monoisotopic (exact) mass is 551 g/mol. The van der Waals surface area contributed by atoms with Crippen LogP contribution in [-0.2, 0) is 25.6 Å². The molecule has 0 unspecified atom stereocenters. The number of nitrogens with zero attached hydrogens (tertiary/aromatic N) is 1. The van der Waals surface area contributed by atoms with Crippen LogP contribution in [0.2, 0.25) is 0 Å². The number of para-hydroxylation sites is 1. The summed E-state index contributed by atoms with van der Waals surface area (Å²) in [7, 11) is 0. The molecule has 2 heterocycles. The Bertz CT molecular complexity index is 1160. The molecule has 6 rings (SSSR count). The fourth-order valence-corrected chi connectivity index (χ4v) is 6.17. The largest absolute Gasteiger partial charge is 0.459 e. The first-order valence-electron chi connectivity index (χ1n) is 13.8. The fraction of sp³-hybridized carbons (Fsp3) is 0.516. The highest BCUT2D eigenvalue weighted by atomic mass is 32.1. The molecule has 2 aliphatic heterocycles. The van der Waals surface area contributed by atoms with Gasteiger partial charge in [-0.05, 0) is 63.6 Å². The smallest absolute Gasteiger partial charge is 0.411 e. The number of thiocarbonyl (C=S) groups is 1. The van der Waals surface area contributed by atoms with Gasteiger partial charge in [0.1, 0.15) is 30.1 Å². The predicted octanol–water partition coefficient (Wildman–Crippen LogP) is 6.29. The molecule has 2 bridgehead atoms. The van der Waals surface area contributed by atoms with Crippen LogP contribution in [-0.4, -0.2) is 46.0 Å². The van der Waals surface area contributed by atoms with Gasteiger partial charge in [-0.3, -0.25) is 4.90 Å². The minimum Gasteiger partial charge on any atom is -0.459 e. The molecule has 4 aliphatic rings. The Hall–Kier alpha value is -3.13. The minimum absolute atomic E-state index is 0.0132. The number of esters is 1. The lowest BCUT2D eigenvalue weighted by Gasteiger charge is -2.56. The van der Waals surface area contributed by atoms with E-state index in [4.69, 9.17) is 31.2 Å². The lowest BCUT2D eigenvalue weighted by atomic mass is 9.65. The van der Waals surface area contributed by atoms with Gasteiger partial charge in [0.25, 0.3) is 0 Å². The van der Waals surface area contributed by atoms with Crippen molar-refractivity contribution in [2.75, 3.05) is 0 Å². The van der Waals surface area contributed by atoms with Crippen molar-refractivity contribution in [2.45, 2.75) is 83.3 Å². The van der Waals surface area contributed by atoms with Gasteiger partial charge >= 0.3 is 17.3 Å². The molecule has 2 aromatic carbocycles. The highest BCUT2D eigenvalue weighted by Crippen LogP contribution is 2.50. The first-order valence-corrected chi connectivity index (χ1v) is 14.3. The maximum absolute atomic E-state index is 13.7. The molecular formula is C31H37NO6S. The molecule has 0 N–H and O–H groups in total. The summed E-state index contributed by atoms with van der Waals surface area (Å²) in [5, 5.41) is 0.0276. The van der Waals surface area contributed by atoms with Crippen molar-refractivity contribution in [1.82, 2.24) is 4.90 Å². The van der Waals surface area contributed by atoms with E-state index in [1.54, 1.807) is 4.90 Å². The normalized spacial score (nSPS) is 26.0. The number of piperidine rings is 2. The summed E-state index contributed by atoms with van der Waals surface area (Å²) in [5.41, 5.74) is 0.187. The first kappa shape index (κ1) is 27.4. The molecule has 208 valence electrons. The van der Waals surface area contributed by atoms with Crippen molar-refractivity contribution in [3.8, 4) is 5.75 Å². The molecular weight excluding hydrogens is 514 g/mol. The molecule has 2 saturated carbocycles. The van der Waals surface area contributed by atoms with Gasteiger partial charge in [0, 0.05) is 30.1 Å². The van der Waals surface area contributed by atoms with Crippen molar-refractivity contribution < 1.29 is 28.5 Å². The number of ether oxygens (including phenoxy) is 4. The van der Waals surface area contributed by atoms with Crippen LogP contribution in [0, 0.1) is 17.8 Å². The molecule has 0 spiro atoms. The second kappa shape index (κ2) is 11.5. The van der Waals surface area contributed by atoms with Crippen LogP contribution >= 0.6 is 12.2 Å². The zero-order valence-corrected chi connectivity index (χ0v) is 23.6. The molecule has 4 fully saturated rings. The fourth-order valence-electron chi connectivity index (χ4n) is 5.96. The van der Waals surface area contributed by atoms with Crippen molar-refractivity contribution >= 4 is 29.5 Å². The number of rotatable bonds is 7. The maximum atomic E-state index is 13.7. The summed E-state index contributed by atoms with van der Waals surface area (Å²) in [6.45, 7) is 5.64. The van der Waals surface area contributed by atoms with Gasteiger partial charge in [-0.15, -0.1) is 0 Å². The number of carbonyl (C=O) groups is 2. The molecule has 5 atom stereocenters. The number of hydrogen-bond acceptors (Lipinski definition) is 7. The molecule has 8 heteroatoms. The Labute approximate surface area is 235 Å². The standard InChI is InChI=1S/C31H37NO6S/c1-31(2,3)38-29(34)32-25-17-16-23(26(32)28(33)35-19-21-10-6-4-7-11-21)27(24(25)18-20-14-15-20)37-30(39)36-22-12-8-5-9-13-22/h4-13,20,23-27H,14-19H2,1-3H3/t23-,24+,25-,26-,27+/m0/s1. The number of carbonyl (C=O) groups excluding carboxylic acids is 2. The summed E-state index contributed by atoms with van der Waals surface area (Å²) < 4.78 is 23.8. The van der Waals surface area contributed by atoms with Crippen LogP contribution in [0.1, 0.15) is 58.4 Å². The predicted molar refractivity (Wildman–Crippen MR) is 150 cm³/mol. The first-order chi connectivity index (χ1) is 18.7. The van der Waals surface area contributed by atoms with E-state index in [2.05, 4.69) is 0 Å². The molecule has 0 aromatic heterocycles. The number of hydrogen-bond donors (Lipinski definition) is 0. The third kappa shape index (κ3) is 6.72. The highest BCUT2D eigenvalue weighted by Gasteiger charge is 2.60. The lowest BCUT2D eigenvalue weighted by molar-refractivity contribution is -0.176. The Morgan fingerprint density at radius 3 is 2.26 bits per heavy atom. The van der Waals surface area contributed by atoms with Crippen LogP contribution in [0.5, 0.6) is 5.75 Å². The molecule has 2 saturated heterocycles. The Balaban J connectivity index is 1.41. The van der Waals surface area contributed by atoms with E-state index < -0.39 is 23.7 Å². The second-order valence-corrected chi connectivity index (χ2v) is 12.2. The molecule has 1 amide bonds. The maximum Gasteiger partial charge on any atom is 0.411 e. The molecule has 0 radical (unpaired) electrons. The van der Waals surface area contributed by atoms with Gasteiger partial charge in [-0.1, -0.05) is 61.4 Å². The molecule has 39 heavy (non-hydrogen) atoms. The third-order valence-corrected chi connectivity index (χ3v) is 7.92. The van der Waals surface area contributed by atoms with Gasteiger partial charge in [-0.2, -0.15) is 0 Å². The third-order valence-electron chi connectivity index (χ3n) is 7.75. The van der Waals surface area contributed by atoms with Gasteiger partial charge < -0.3 is 18.9 Å². The zero-order chi connectivity index (χ0) is 27.6. The van der Waals surface area contributed by atoms with Gasteiger partial charge in [-0.25, -0.2) is 9.59 Å². The van der Waals surface area contributed by atoms with E-state index in [1.165, 1.54) is 12.8 Å². The highest BCUT2D eigenvalue weighted by molar-refractivity contribution is 7.79. The zero-order valence-electron chi connectivity index (χ0n) is 22.8. The van der Waals surface area contributed by atoms with Crippen LogP contribution in [0.3, 0.4) is 0 Å². The van der Waals surface area contributed by atoms with E-state index in [9.17, 15) is 9.59 Å². The quantitative estimate of drug-likeness (QED) is 0.296. The lowest BCUT2D eigenvalue weighted by Crippen LogP contribution is -2.69. The topological polar surface area (TPSA) is 74.3 Å². The van der Waals surface area contributed by atoms with Crippen LogP contribution in [0.15, 0.2) is 60.7 Å². The summed E-state index contributed by atoms with van der Waals surface area (Å²) in [5.74, 6) is 0.448. The Kier molecular flexibility index (Phi) is 8.12. The summed E-state index contributed by atoms with van der Waals surface area (Å²) in [4.78, 5) is 29.0. The Morgan fingerprint density at radius 2 is 1.62 bits per heavy atom. The molecule has 2 aliphatic carbocycles. The number of fused-ring (bicyclic) bond motifs is 3. The Morgan fingerprint density at radius 1 is 0.949 bits per heavy atom. The van der Waals surface area contributed by atoms with Crippen LogP contribution in [0.25, 0.3) is 0 Å². The van der Waals surface area contributed by atoms with E-state index in [-0.39, 0.29) is 35.8 Å². The van der Waals surface area contributed by atoms with Crippen molar-refractivity contribution in [3.63, 3.8) is 0 Å². The van der Waals surface area contributed by atoms with Crippen molar-refractivity contribution in [3.05, 3.63) is 66.2 Å². The van der Waals surface area contributed by atoms with E-state index in [0.29, 0.717) is 11.7 Å². The van der Waals surface area contributed by atoms with E-state index in [0.717, 1.165) is 24.8 Å². The second-order valence-electron chi connectivity index (χ2n) is 11.8. The van der Waals surface area contributed by atoms with Gasteiger partial charge in [0.05, 0.1) is 0 Å². The van der Waals surface area contributed by atoms with Crippen LogP contribution in [0.4, 0.5) is 4.79 Å². The average molecular weight is 552 g/mol. The minimum atomic E-state index is -0.831. The molecule has 7 nitrogen and oxygen atoms in total. The summed E-state index contributed by atoms with van der Waals surface area (Å²) in [6.07, 6.45) is 3.88. The van der Waals surface area contributed by atoms with E-state index >= 15 is 0 Å². The summed E-state index contributed by atoms with van der Waals surface area (Å²) in [6, 6.07) is 17.8.